The standard InChI is InChI=1S/C20H17ClO4/c1-11-4-12(2)6-14(5-11)20(23)24-10-15-8-19(22)25-18-7-13(3)17(21)9-16(15)18/h4-9H,10H2,1-3H3. The summed E-state index contributed by atoms with van der Waals surface area (Å²) in [7, 11) is 0. The number of benzene rings is 2. The third kappa shape index (κ3) is 3.74. The van der Waals surface area contributed by atoms with Gasteiger partial charge >= 0.3 is 11.6 Å². The van der Waals surface area contributed by atoms with E-state index in [-0.39, 0.29) is 6.61 Å². The second-order valence-corrected chi connectivity index (χ2v) is 6.55. The highest BCUT2D eigenvalue weighted by atomic mass is 35.5. The summed E-state index contributed by atoms with van der Waals surface area (Å²) in [5.41, 5.74) is 3.75. The maximum Gasteiger partial charge on any atom is 0.338 e. The van der Waals surface area contributed by atoms with Gasteiger partial charge in [0.2, 0.25) is 0 Å². The van der Waals surface area contributed by atoms with Crippen LogP contribution in [0.4, 0.5) is 0 Å². The third-order valence-electron chi connectivity index (χ3n) is 3.93. The number of aryl methyl sites for hydroxylation is 3. The van der Waals surface area contributed by atoms with Crippen molar-refractivity contribution < 1.29 is 13.9 Å². The Morgan fingerprint density at radius 3 is 2.40 bits per heavy atom. The highest BCUT2D eigenvalue weighted by Gasteiger charge is 2.13. The number of hydrogen-bond donors (Lipinski definition) is 0. The Hall–Kier alpha value is -2.59. The molecule has 3 rings (SSSR count). The van der Waals surface area contributed by atoms with E-state index in [1.54, 1.807) is 24.3 Å². The van der Waals surface area contributed by atoms with Crippen LogP contribution < -0.4 is 5.63 Å². The van der Waals surface area contributed by atoms with Crippen LogP contribution in [0.25, 0.3) is 11.0 Å². The smallest absolute Gasteiger partial charge is 0.338 e. The molecule has 0 saturated heterocycles. The maximum absolute atomic E-state index is 12.3. The molecule has 25 heavy (non-hydrogen) atoms. The van der Waals surface area contributed by atoms with Crippen molar-refractivity contribution in [2.24, 2.45) is 0 Å². The molecule has 0 bridgehead atoms. The Balaban J connectivity index is 1.91. The van der Waals surface area contributed by atoms with Crippen molar-refractivity contribution >= 4 is 28.5 Å². The topological polar surface area (TPSA) is 56.5 Å². The van der Waals surface area contributed by atoms with E-state index in [0.717, 1.165) is 16.7 Å². The zero-order valence-corrected chi connectivity index (χ0v) is 14.9. The normalized spacial score (nSPS) is 10.9. The van der Waals surface area contributed by atoms with Crippen molar-refractivity contribution in [1.82, 2.24) is 0 Å². The lowest BCUT2D eigenvalue weighted by Gasteiger charge is -2.09. The molecule has 0 amide bonds. The monoisotopic (exact) mass is 356 g/mol. The Kier molecular flexibility index (Phi) is 4.64. The summed E-state index contributed by atoms with van der Waals surface area (Å²) >= 11 is 6.17. The largest absolute Gasteiger partial charge is 0.457 e. The molecule has 0 unspecified atom stereocenters. The number of carbonyl (C=O) groups is 1. The van der Waals surface area contributed by atoms with E-state index in [1.165, 1.54) is 6.07 Å². The van der Waals surface area contributed by atoms with E-state index in [4.69, 9.17) is 20.8 Å². The van der Waals surface area contributed by atoms with Gasteiger partial charge in [-0.1, -0.05) is 28.8 Å². The molecule has 0 N–H and O–H groups in total. The number of ether oxygens (including phenoxy) is 1. The summed E-state index contributed by atoms with van der Waals surface area (Å²) in [6, 6.07) is 10.3. The van der Waals surface area contributed by atoms with E-state index in [2.05, 4.69) is 0 Å². The summed E-state index contributed by atoms with van der Waals surface area (Å²) in [4.78, 5) is 24.1. The number of esters is 1. The van der Waals surface area contributed by atoms with Crippen molar-refractivity contribution in [2.45, 2.75) is 27.4 Å². The van der Waals surface area contributed by atoms with Gasteiger partial charge in [-0.15, -0.1) is 0 Å². The van der Waals surface area contributed by atoms with Gasteiger partial charge in [0.05, 0.1) is 5.56 Å². The number of fused-ring (bicyclic) bond motifs is 1. The summed E-state index contributed by atoms with van der Waals surface area (Å²) in [6.07, 6.45) is 0. The lowest BCUT2D eigenvalue weighted by atomic mass is 10.1. The predicted molar refractivity (Wildman–Crippen MR) is 97.3 cm³/mol. The molecular formula is C20H17ClO4. The molecule has 2 aromatic carbocycles. The van der Waals surface area contributed by atoms with Crippen LogP contribution >= 0.6 is 11.6 Å². The molecule has 4 nitrogen and oxygen atoms in total. The van der Waals surface area contributed by atoms with Crippen molar-refractivity contribution in [1.29, 1.82) is 0 Å². The first-order chi connectivity index (χ1) is 11.8. The quantitative estimate of drug-likeness (QED) is 0.503. The first-order valence-electron chi connectivity index (χ1n) is 7.82. The van der Waals surface area contributed by atoms with Crippen LogP contribution in [-0.2, 0) is 11.3 Å². The SMILES string of the molecule is Cc1cc(C)cc(C(=O)OCc2cc(=O)oc3cc(C)c(Cl)cc23)c1. The van der Waals surface area contributed by atoms with Crippen LogP contribution in [0.3, 0.4) is 0 Å². The van der Waals surface area contributed by atoms with Gasteiger partial charge in [0.15, 0.2) is 0 Å². The Bertz CT molecular complexity index is 1010. The van der Waals surface area contributed by atoms with Crippen molar-refractivity contribution in [3.05, 3.63) is 79.7 Å². The van der Waals surface area contributed by atoms with Crippen molar-refractivity contribution in [3.63, 3.8) is 0 Å². The average molecular weight is 357 g/mol. The summed E-state index contributed by atoms with van der Waals surface area (Å²) in [6.45, 7) is 5.63. The van der Waals surface area contributed by atoms with Gasteiger partial charge in [-0.05, 0) is 50.6 Å². The molecule has 0 aliphatic rings. The van der Waals surface area contributed by atoms with Crippen LogP contribution in [-0.4, -0.2) is 5.97 Å². The predicted octanol–water partition coefficient (Wildman–Crippen LogP) is 4.73. The number of halogens is 1. The molecule has 0 atom stereocenters. The van der Waals surface area contributed by atoms with Crippen LogP contribution in [0.15, 0.2) is 45.6 Å². The fourth-order valence-electron chi connectivity index (χ4n) is 2.79. The maximum atomic E-state index is 12.3. The van der Waals surface area contributed by atoms with Gasteiger partial charge in [0.25, 0.3) is 0 Å². The molecule has 0 fully saturated rings. The zero-order chi connectivity index (χ0) is 18.1. The van der Waals surface area contributed by atoms with E-state index in [9.17, 15) is 9.59 Å². The molecule has 128 valence electrons. The zero-order valence-electron chi connectivity index (χ0n) is 14.2. The highest BCUT2D eigenvalue weighted by molar-refractivity contribution is 6.32. The summed E-state index contributed by atoms with van der Waals surface area (Å²) < 4.78 is 10.6. The molecule has 0 radical (unpaired) electrons. The van der Waals surface area contributed by atoms with Crippen LogP contribution in [0.5, 0.6) is 0 Å². The van der Waals surface area contributed by atoms with Gasteiger partial charge in [0.1, 0.15) is 12.2 Å². The Morgan fingerprint density at radius 2 is 1.72 bits per heavy atom. The average Bonchev–Trinajstić information content (AvgIpc) is 2.53. The minimum atomic E-state index is -0.494. The molecule has 0 aliphatic heterocycles. The summed E-state index contributed by atoms with van der Waals surface area (Å²) in [5, 5.41) is 1.21. The lowest BCUT2D eigenvalue weighted by molar-refractivity contribution is 0.0473. The molecular weight excluding hydrogens is 340 g/mol. The van der Waals surface area contributed by atoms with Gasteiger partial charge in [0, 0.05) is 22.0 Å². The van der Waals surface area contributed by atoms with Gasteiger partial charge < -0.3 is 9.15 Å². The van der Waals surface area contributed by atoms with Gasteiger partial charge in [-0.3, -0.25) is 0 Å². The number of carbonyl (C=O) groups excluding carboxylic acids is 1. The Morgan fingerprint density at radius 1 is 1.04 bits per heavy atom. The van der Waals surface area contributed by atoms with E-state index in [0.29, 0.717) is 27.1 Å². The fraction of sp³-hybridized carbons (Fsp3) is 0.200. The Labute approximate surface area is 150 Å². The second-order valence-electron chi connectivity index (χ2n) is 6.14. The van der Waals surface area contributed by atoms with Gasteiger partial charge in [-0.25, -0.2) is 9.59 Å². The molecule has 5 heteroatoms. The molecule has 3 aromatic rings. The first kappa shape index (κ1) is 17.2. The van der Waals surface area contributed by atoms with E-state index in [1.807, 2.05) is 26.8 Å². The summed E-state index contributed by atoms with van der Waals surface area (Å²) in [5.74, 6) is -0.439. The third-order valence-corrected chi connectivity index (χ3v) is 4.33. The van der Waals surface area contributed by atoms with Crippen LogP contribution in [0.2, 0.25) is 5.02 Å². The van der Waals surface area contributed by atoms with E-state index >= 15 is 0 Å². The van der Waals surface area contributed by atoms with Crippen LogP contribution in [0.1, 0.15) is 32.6 Å². The van der Waals surface area contributed by atoms with Gasteiger partial charge in [-0.2, -0.15) is 0 Å². The molecule has 0 spiro atoms. The van der Waals surface area contributed by atoms with Crippen molar-refractivity contribution in [3.8, 4) is 0 Å². The first-order valence-corrected chi connectivity index (χ1v) is 8.19. The molecule has 0 saturated carbocycles. The molecule has 1 aromatic heterocycles. The van der Waals surface area contributed by atoms with Crippen molar-refractivity contribution in [2.75, 3.05) is 0 Å². The second kappa shape index (κ2) is 6.73. The van der Waals surface area contributed by atoms with E-state index < -0.39 is 11.6 Å². The fourth-order valence-corrected chi connectivity index (χ4v) is 2.95. The van der Waals surface area contributed by atoms with Crippen LogP contribution in [0, 0.1) is 20.8 Å². The number of hydrogen-bond acceptors (Lipinski definition) is 4. The molecule has 0 aliphatic carbocycles. The molecule has 1 heterocycles. The number of rotatable bonds is 3. The minimum Gasteiger partial charge on any atom is -0.457 e. The minimum absolute atomic E-state index is 0.0344. The lowest BCUT2D eigenvalue weighted by Crippen LogP contribution is -2.08. The highest BCUT2D eigenvalue weighted by Crippen LogP contribution is 2.25.